The molecule has 1 aromatic carbocycles. The van der Waals surface area contributed by atoms with Crippen LogP contribution in [0.25, 0.3) is 10.2 Å². The fourth-order valence-corrected chi connectivity index (χ4v) is 3.02. The first kappa shape index (κ1) is 18.3. The predicted octanol–water partition coefficient (Wildman–Crippen LogP) is 3.50. The number of hydrogen-bond acceptors (Lipinski definition) is 5. The van der Waals surface area contributed by atoms with Crippen LogP contribution in [0, 0.1) is 5.92 Å². The molecule has 0 saturated carbocycles. The van der Waals surface area contributed by atoms with Gasteiger partial charge in [0.05, 0.1) is 10.2 Å². The van der Waals surface area contributed by atoms with Crippen LogP contribution in [0.15, 0.2) is 18.2 Å². The summed E-state index contributed by atoms with van der Waals surface area (Å²) in [5.74, 6) is -0.303. The molecule has 0 aliphatic rings. The Balaban J connectivity index is 2.06. The van der Waals surface area contributed by atoms with Gasteiger partial charge in [0.1, 0.15) is 0 Å². The summed E-state index contributed by atoms with van der Waals surface area (Å²) < 4.78 is 0.921. The van der Waals surface area contributed by atoms with Crippen molar-refractivity contribution in [1.29, 1.82) is 0 Å². The minimum Gasteiger partial charge on any atom is -0.332 e. The number of carbonyl (C=O) groups excluding carboxylic acids is 2. The number of carbonyl (C=O) groups is 2. The second-order valence-corrected chi connectivity index (χ2v) is 7.04. The predicted molar refractivity (Wildman–Crippen MR) is 102 cm³/mol. The van der Waals surface area contributed by atoms with Crippen LogP contribution in [-0.2, 0) is 9.59 Å². The standard InChI is InChI=1S/C16H20N4O2S2/c1-4-5-13(21)19-16-18-11-7-6-10(8-12(11)24-16)17-15(23)20-14(22)9(2)3/h6-9H,4-5H2,1-3H3,(H,18,19,21)(H2,17,20,22,23). The Bertz CT molecular complexity index is 771. The fraction of sp³-hybridized carbons (Fsp3) is 0.375. The van der Waals surface area contributed by atoms with Gasteiger partial charge in [0.2, 0.25) is 11.8 Å². The lowest BCUT2D eigenvalue weighted by Crippen LogP contribution is -2.36. The average Bonchev–Trinajstić information content (AvgIpc) is 2.88. The minimum absolute atomic E-state index is 0.0347. The molecule has 0 aliphatic carbocycles. The van der Waals surface area contributed by atoms with Crippen LogP contribution in [-0.4, -0.2) is 21.9 Å². The number of rotatable bonds is 5. The molecule has 0 radical (unpaired) electrons. The monoisotopic (exact) mass is 364 g/mol. The summed E-state index contributed by atoms with van der Waals surface area (Å²) in [5.41, 5.74) is 1.56. The SMILES string of the molecule is CCCC(=O)Nc1nc2ccc(NC(=S)NC(=O)C(C)C)cc2s1. The van der Waals surface area contributed by atoms with Crippen molar-refractivity contribution in [3.8, 4) is 0 Å². The van der Waals surface area contributed by atoms with Crippen LogP contribution in [0.1, 0.15) is 33.6 Å². The molecule has 0 fully saturated rings. The van der Waals surface area contributed by atoms with E-state index < -0.39 is 0 Å². The summed E-state index contributed by atoms with van der Waals surface area (Å²) in [6, 6.07) is 5.56. The molecule has 0 spiro atoms. The number of benzene rings is 1. The summed E-state index contributed by atoms with van der Waals surface area (Å²) in [5, 5.41) is 9.25. The third-order valence-electron chi connectivity index (χ3n) is 3.13. The van der Waals surface area contributed by atoms with Crippen LogP contribution in [0.4, 0.5) is 10.8 Å². The van der Waals surface area contributed by atoms with Crippen LogP contribution >= 0.6 is 23.6 Å². The van der Waals surface area contributed by atoms with E-state index in [0.29, 0.717) is 11.6 Å². The summed E-state index contributed by atoms with van der Waals surface area (Å²) >= 11 is 6.53. The van der Waals surface area contributed by atoms with Crippen molar-refractivity contribution in [3.05, 3.63) is 18.2 Å². The van der Waals surface area contributed by atoms with Crippen LogP contribution in [0.5, 0.6) is 0 Å². The van der Waals surface area contributed by atoms with Gasteiger partial charge in [0.25, 0.3) is 0 Å². The molecule has 8 heteroatoms. The summed E-state index contributed by atoms with van der Waals surface area (Å²) in [6.07, 6.45) is 1.27. The molecule has 6 nitrogen and oxygen atoms in total. The minimum atomic E-state index is -0.136. The van der Waals surface area contributed by atoms with Gasteiger partial charge < -0.3 is 16.0 Å². The lowest BCUT2D eigenvalue weighted by atomic mass is 10.2. The Kier molecular flexibility index (Phi) is 6.22. The molecule has 0 atom stereocenters. The molecular weight excluding hydrogens is 344 g/mol. The molecule has 128 valence electrons. The third kappa shape index (κ3) is 4.97. The van der Waals surface area contributed by atoms with Crippen molar-refractivity contribution >= 4 is 61.5 Å². The number of anilines is 2. The van der Waals surface area contributed by atoms with E-state index in [2.05, 4.69) is 20.9 Å². The van der Waals surface area contributed by atoms with Crippen molar-refractivity contribution in [3.63, 3.8) is 0 Å². The Hall–Kier alpha value is -2.06. The highest BCUT2D eigenvalue weighted by molar-refractivity contribution is 7.80. The molecule has 2 rings (SSSR count). The maximum atomic E-state index is 11.6. The van der Waals surface area contributed by atoms with Gasteiger partial charge >= 0.3 is 0 Å². The van der Waals surface area contributed by atoms with E-state index in [-0.39, 0.29) is 22.8 Å². The van der Waals surface area contributed by atoms with E-state index in [4.69, 9.17) is 12.2 Å². The van der Waals surface area contributed by atoms with E-state index >= 15 is 0 Å². The highest BCUT2D eigenvalue weighted by Crippen LogP contribution is 2.28. The molecule has 1 heterocycles. The summed E-state index contributed by atoms with van der Waals surface area (Å²) in [7, 11) is 0. The van der Waals surface area contributed by atoms with Crippen molar-refractivity contribution < 1.29 is 9.59 Å². The molecule has 0 saturated heterocycles. The maximum absolute atomic E-state index is 11.6. The maximum Gasteiger partial charge on any atom is 0.228 e. The molecular formula is C16H20N4O2S2. The molecule has 2 amide bonds. The second kappa shape index (κ2) is 8.16. The van der Waals surface area contributed by atoms with Gasteiger partial charge in [-0.2, -0.15) is 0 Å². The highest BCUT2D eigenvalue weighted by atomic mass is 32.1. The van der Waals surface area contributed by atoms with Gasteiger partial charge in [-0.15, -0.1) is 0 Å². The van der Waals surface area contributed by atoms with E-state index in [0.717, 1.165) is 22.3 Å². The zero-order chi connectivity index (χ0) is 17.7. The number of thiocarbonyl (C=S) groups is 1. The van der Waals surface area contributed by atoms with Crippen molar-refractivity contribution in [1.82, 2.24) is 10.3 Å². The lowest BCUT2D eigenvalue weighted by Gasteiger charge is -2.10. The number of fused-ring (bicyclic) bond motifs is 1. The van der Waals surface area contributed by atoms with Crippen LogP contribution in [0.2, 0.25) is 0 Å². The Labute approximate surface area is 150 Å². The first-order chi connectivity index (χ1) is 11.4. The fourth-order valence-electron chi connectivity index (χ4n) is 1.88. The number of thiazole rings is 1. The summed E-state index contributed by atoms with van der Waals surface area (Å²) in [4.78, 5) is 27.7. The lowest BCUT2D eigenvalue weighted by molar-refractivity contribution is -0.122. The van der Waals surface area contributed by atoms with Crippen molar-refractivity contribution in [2.24, 2.45) is 5.92 Å². The smallest absolute Gasteiger partial charge is 0.228 e. The Morgan fingerprint density at radius 1 is 1.29 bits per heavy atom. The molecule has 24 heavy (non-hydrogen) atoms. The van der Waals surface area contributed by atoms with E-state index in [1.165, 1.54) is 11.3 Å². The highest BCUT2D eigenvalue weighted by Gasteiger charge is 2.10. The van der Waals surface area contributed by atoms with Gasteiger partial charge in [-0.1, -0.05) is 32.1 Å². The molecule has 2 aromatic rings. The number of amides is 2. The number of aromatic nitrogens is 1. The normalized spacial score (nSPS) is 10.7. The Morgan fingerprint density at radius 2 is 2.04 bits per heavy atom. The van der Waals surface area contributed by atoms with E-state index in [1.54, 1.807) is 13.8 Å². The zero-order valence-electron chi connectivity index (χ0n) is 13.8. The van der Waals surface area contributed by atoms with Gasteiger partial charge in [-0.25, -0.2) is 4.98 Å². The largest absolute Gasteiger partial charge is 0.332 e. The zero-order valence-corrected chi connectivity index (χ0v) is 15.4. The first-order valence-electron chi connectivity index (χ1n) is 7.71. The van der Waals surface area contributed by atoms with Gasteiger partial charge in [-0.05, 0) is 36.8 Å². The van der Waals surface area contributed by atoms with Crippen molar-refractivity contribution in [2.75, 3.05) is 10.6 Å². The molecule has 0 bridgehead atoms. The number of hydrogen-bond donors (Lipinski definition) is 3. The van der Waals surface area contributed by atoms with E-state index in [1.807, 2.05) is 25.1 Å². The van der Waals surface area contributed by atoms with Crippen LogP contribution < -0.4 is 16.0 Å². The first-order valence-corrected chi connectivity index (χ1v) is 8.93. The molecule has 3 N–H and O–H groups in total. The van der Waals surface area contributed by atoms with E-state index in [9.17, 15) is 9.59 Å². The van der Waals surface area contributed by atoms with Crippen molar-refractivity contribution in [2.45, 2.75) is 33.6 Å². The Morgan fingerprint density at radius 3 is 2.71 bits per heavy atom. The van der Waals surface area contributed by atoms with Gasteiger partial charge in [0, 0.05) is 18.0 Å². The van der Waals surface area contributed by atoms with Crippen LogP contribution in [0.3, 0.4) is 0 Å². The van der Waals surface area contributed by atoms with Gasteiger partial charge in [0.15, 0.2) is 10.2 Å². The average molecular weight is 364 g/mol. The second-order valence-electron chi connectivity index (χ2n) is 5.60. The molecule has 0 aliphatic heterocycles. The number of nitrogens with zero attached hydrogens (tertiary/aromatic N) is 1. The van der Waals surface area contributed by atoms with Gasteiger partial charge in [-0.3, -0.25) is 9.59 Å². The molecule has 1 aromatic heterocycles. The quantitative estimate of drug-likeness (QED) is 0.707. The molecule has 0 unspecified atom stereocenters. The number of nitrogens with one attached hydrogen (secondary N) is 3. The summed E-state index contributed by atoms with van der Waals surface area (Å²) in [6.45, 7) is 5.56. The topological polar surface area (TPSA) is 83.1 Å². The third-order valence-corrected chi connectivity index (χ3v) is 4.27.